The molecule has 0 unspecified atom stereocenters. The van der Waals surface area contributed by atoms with Crippen LogP contribution in [0, 0.1) is 0 Å². The van der Waals surface area contributed by atoms with Gasteiger partial charge in [0.15, 0.2) is 0 Å². The van der Waals surface area contributed by atoms with E-state index in [1.807, 2.05) is 11.7 Å². The molecule has 0 amide bonds. The summed E-state index contributed by atoms with van der Waals surface area (Å²) in [6.45, 7) is 0.894. The molecular weight excluding hydrogens is 214 g/mol. The molecule has 5 heteroatoms. The minimum absolute atomic E-state index is 0.691. The maximum atomic E-state index is 4.28. The maximum absolute atomic E-state index is 4.28. The molecule has 1 aliphatic carbocycles. The van der Waals surface area contributed by atoms with E-state index < -0.39 is 0 Å². The van der Waals surface area contributed by atoms with E-state index in [1.165, 1.54) is 25.7 Å². The highest BCUT2D eigenvalue weighted by Gasteiger charge is 2.23. The smallest absolute Gasteiger partial charge is 0.140 e. The summed E-state index contributed by atoms with van der Waals surface area (Å²) in [5, 5.41) is 7.48. The lowest BCUT2D eigenvalue weighted by molar-refractivity contribution is 0.165. The molecule has 1 aromatic rings. The van der Waals surface area contributed by atoms with Crippen LogP contribution in [-0.4, -0.2) is 45.8 Å². The van der Waals surface area contributed by atoms with Gasteiger partial charge in [0, 0.05) is 19.1 Å². The van der Waals surface area contributed by atoms with Gasteiger partial charge in [-0.3, -0.25) is 9.58 Å². The van der Waals surface area contributed by atoms with Gasteiger partial charge in [-0.25, -0.2) is 4.98 Å². The maximum Gasteiger partial charge on any atom is 0.140 e. The molecule has 1 aromatic heterocycles. The Morgan fingerprint density at radius 3 is 2.65 bits per heavy atom. The second-order valence-electron chi connectivity index (χ2n) is 5.01. The summed E-state index contributed by atoms with van der Waals surface area (Å²) >= 11 is 0. The van der Waals surface area contributed by atoms with Crippen molar-refractivity contribution in [1.82, 2.24) is 25.0 Å². The van der Waals surface area contributed by atoms with Crippen LogP contribution in [0.15, 0.2) is 6.33 Å². The highest BCUT2D eigenvalue weighted by molar-refractivity contribution is 4.87. The zero-order valence-electron chi connectivity index (χ0n) is 11.1. The third-order valence-electron chi connectivity index (χ3n) is 3.92. The number of hydrogen-bond acceptors (Lipinski definition) is 4. The lowest BCUT2D eigenvalue weighted by Crippen LogP contribution is -2.39. The highest BCUT2D eigenvalue weighted by atomic mass is 15.3. The Bertz CT molecular complexity index is 340. The summed E-state index contributed by atoms with van der Waals surface area (Å²) in [6, 6.07) is 1.41. The van der Waals surface area contributed by atoms with Gasteiger partial charge in [0.2, 0.25) is 0 Å². The van der Waals surface area contributed by atoms with Crippen LogP contribution >= 0.6 is 0 Å². The molecule has 0 atom stereocenters. The molecule has 0 bridgehead atoms. The molecular formula is C12H23N5. The monoisotopic (exact) mass is 237 g/mol. The van der Waals surface area contributed by atoms with E-state index in [0.29, 0.717) is 6.04 Å². The van der Waals surface area contributed by atoms with E-state index in [1.54, 1.807) is 6.33 Å². The molecule has 1 aliphatic rings. The van der Waals surface area contributed by atoms with Gasteiger partial charge in [-0.05, 0) is 39.8 Å². The van der Waals surface area contributed by atoms with Gasteiger partial charge in [0.05, 0.1) is 6.54 Å². The molecule has 2 rings (SSSR count). The summed E-state index contributed by atoms with van der Waals surface area (Å²) in [5.41, 5.74) is 0. The normalized spacial score (nSPS) is 25.4. The molecule has 1 N–H and O–H groups in total. The van der Waals surface area contributed by atoms with Crippen molar-refractivity contribution in [3.8, 4) is 0 Å². The van der Waals surface area contributed by atoms with Gasteiger partial charge < -0.3 is 5.32 Å². The third-order valence-corrected chi connectivity index (χ3v) is 3.92. The predicted molar refractivity (Wildman–Crippen MR) is 67.6 cm³/mol. The molecule has 1 heterocycles. The fourth-order valence-corrected chi connectivity index (χ4v) is 2.62. The van der Waals surface area contributed by atoms with Crippen LogP contribution in [0.2, 0.25) is 0 Å². The average Bonchev–Trinajstić information content (AvgIpc) is 2.75. The van der Waals surface area contributed by atoms with Crippen LogP contribution < -0.4 is 5.32 Å². The first kappa shape index (κ1) is 12.5. The molecule has 96 valence electrons. The first-order chi connectivity index (χ1) is 8.20. The van der Waals surface area contributed by atoms with Crippen molar-refractivity contribution in [1.29, 1.82) is 0 Å². The second kappa shape index (κ2) is 5.60. The van der Waals surface area contributed by atoms with E-state index in [9.17, 15) is 0 Å². The van der Waals surface area contributed by atoms with Gasteiger partial charge in [-0.1, -0.05) is 0 Å². The Balaban J connectivity index is 1.85. The number of aromatic nitrogens is 3. The first-order valence-corrected chi connectivity index (χ1v) is 6.41. The summed E-state index contributed by atoms with van der Waals surface area (Å²) in [5.74, 6) is 1.04. The Morgan fingerprint density at radius 2 is 2.12 bits per heavy atom. The van der Waals surface area contributed by atoms with Gasteiger partial charge in [-0.2, -0.15) is 5.10 Å². The summed E-state index contributed by atoms with van der Waals surface area (Å²) in [4.78, 5) is 6.69. The van der Waals surface area contributed by atoms with Crippen LogP contribution in [0.25, 0.3) is 0 Å². The number of nitrogens with one attached hydrogen (secondary N) is 1. The minimum atomic E-state index is 0.691. The van der Waals surface area contributed by atoms with E-state index in [-0.39, 0.29) is 0 Å². The quantitative estimate of drug-likeness (QED) is 0.840. The van der Waals surface area contributed by atoms with Crippen molar-refractivity contribution in [3.05, 3.63) is 12.2 Å². The third kappa shape index (κ3) is 3.04. The van der Waals surface area contributed by atoms with Crippen LogP contribution in [0.3, 0.4) is 0 Å². The van der Waals surface area contributed by atoms with Gasteiger partial charge in [-0.15, -0.1) is 0 Å². The highest BCUT2D eigenvalue weighted by Crippen LogP contribution is 2.22. The molecule has 0 saturated heterocycles. The number of rotatable bonds is 4. The molecule has 1 saturated carbocycles. The van der Waals surface area contributed by atoms with Gasteiger partial charge in [0.25, 0.3) is 0 Å². The van der Waals surface area contributed by atoms with Crippen molar-refractivity contribution in [2.75, 3.05) is 14.1 Å². The Kier molecular flexibility index (Phi) is 4.12. The number of nitrogens with zero attached hydrogens (tertiary/aromatic N) is 4. The number of aryl methyl sites for hydroxylation is 1. The average molecular weight is 237 g/mol. The summed E-state index contributed by atoms with van der Waals surface area (Å²) in [6.07, 6.45) is 6.75. The Morgan fingerprint density at radius 1 is 1.41 bits per heavy atom. The minimum Gasteiger partial charge on any atom is -0.317 e. The summed E-state index contributed by atoms with van der Waals surface area (Å²) < 4.78 is 1.86. The van der Waals surface area contributed by atoms with E-state index >= 15 is 0 Å². The standard InChI is InChI=1S/C12H23N5/c1-13-10-4-6-11(7-5-10)16(2)8-12-14-9-15-17(12)3/h9-11,13H,4-8H2,1-3H3. The van der Waals surface area contributed by atoms with Crippen molar-refractivity contribution >= 4 is 0 Å². The lowest BCUT2D eigenvalue weighted by atomic mass is 9.90. The van der Waals surface area contributed by atoms with E-state index in [4.69, 9.17) is 0 Å². The second-order valence-corrected chi connectivity index (χ2v) is 5.01. The molecule has 0 aliphatic heterocycles. The predicted octanol–water partition coefficient (Wildman–Crippen LogP) is 0.777. The molecule has 5 nitrogen and oxygen atoms in total. The molecule has 1 fully saturated rings. The Labute approximate surface area is 103 Å². The topological polar surface area (TPSA) is 46.0 Å². The molecule has 17 heavy (non-hydrogen) atoms. The van der Waals surface area contributed by atoms with Crippen LogP contribution in [0.4, 0.5) is 0 Å². The fraction of sp³-hybridized carbons (Fsp3) is 0.833. The SMILES string of the molecule is CNC1CCC(N(C)Cc2ncnn2C)CC1. The van der Waals surface area contributed by atoms with E-state index in [0.717, 1.165) is 18.4 Å². The largest absolute Gasteiger partial charge is 0.317 e. The van der Waals surface area contributed by atoms with Gasteiger partial charge in [0.1, 0.15) is 12.2 Å². The zero-order valence-corrected chi connectivity index (χ0v) is 11.1. The lowest BCUT2D eigenvalue weighted by Gasteiger charge is -2.34. The van der Waals surface area contributed by atoms with Crippen molar-refractivity contribution in [3.63, 3.8) is 0 Å². The fourth-order valence-electron chi connectivity index (χ4n) is 2.62. The first-order valence-electron chi connectivity index (χ1n) is 6.41. The molecule has 0 spiro atoms. The van der Waals surface area contributed by atoms with E-state index in [2.05, 4.69) is 34.4 Å². The summed E-state index contributed by atoms with van der Waals surface area (Å²) in [7, 11) is 6.21. The zero-order chi connectivity index (χ0) is 12.3. The van der Waals surface area contributed by atoms with Crippen LogP contribution in [-0.2, 0) is 13.6 Å². The number of hydrogen-bond donors (Lipinski definition) is 1. The van der Waals surface area contributed by atoms with Crippen molar-refractivity contribution in [2.45, 2.75) is 44.3 Å². The van der Waals surface area contributed by atoms with Crippen molar-refractivity contribution < 1.29 is 0 Å². The van der Waals surface area contributed by atoms with Gasteiger partial charge >= 0.3 is 0 Å². The van der Waals surface area contributed by atoms with Crippen molar-refractivity contribution in [2.24, 2.45) is 7.05 Å². The van der Waals surface area contributed by atoms with Crippen LogP contribution in [0.5, 0.6) is 0 Å². The van der Waals surface area contributed by atoms with Crippen LogP contribution in [0.1, 0.15) is 31.5 Å². The molecule has 0 radical (unpaired) electrons. The Hall–Kier alpha value is -0.940. The molecule has 0 aromatic carbocycles.